The number of hydrogen-bond donors (Lipinski definition) is 1. The summed E-state index contributed by atoms with van der Waals surface area (Å²) in [6.07, 6.45) is -4.92. The van der Waals surface area contributed by atoms with Crippen molar-refractivity contribution in [1.29, 1.82) is 0 Å². The molecular formula is C18H19F3N2O4. The molecule has 1 saturated carbocycles. The number of carbonyl (C=O) groups excluding carboxylic acids is 2. The van der Waals surface area contributed by atoms with Gasteiger partial charge in [0.2, 0.25) is 0 Å². The number of rotatable bonds is 4. The highest BCUT2D eigenvalue weighted by Gasteiger charge is 2.64. The molecule has 2 heterocycles. The normalized spacial score (nSPS) is 24.0. The molecule has 2 aliphatic heterocycles. The molecule has 1 aromatic carbocycles. The van der Waals surface area contributed by atoms with E-state index in [0.29, 0.717) is 18.7 Å². The molecule has 2 saturated heterocycles. The smallest absolute Gasteiger partial charge is 0.409 e. The largest absolute Gasteiger partial charge is 0.447 e. The molecule has 146 valence electrons. The summed E-state index contributed by atoms with van der Waals surface area (Å²) in [6.45, 7) is 1.12. The summed E-state index contributed by atoms with van der Waals surface area (Å²) in [5, 5.41) is 2.51. The lowest BCUT2D eigenvalue weighted by atomic mass is 9.88. The number of likely N-dealkylation sites (tertiary alicyclic amines) is 1. The SMILES string of the molecule is O=C1N[C@H](COC(=O)N2CC(c3ccc(C4(C(F)(F)F)CC4)cc3)C2)CO1. The van der Waals surface area contributed by atoms with Gasteiger partial charge in [-0.15, -0.1) is 0 Å². The Morgan fingerprint density at radius 3 is 2.44 bits per heavy atom. The summed E-state index contributed by atoms with van der Waals surface area (Å²) in [5.41, 5.74) is -0.437. The van der Waals surface area contributed by atoms with Crippen LogP contribution in [0.3, 0.4) is 0 Å². The lowest BCUT2D eigenvalue weighted by Gasteiger charge is -2.38. The van der Waals surface area contributed by atoms with Crippen LogP contribution in [0.5, 0.6) is 0 Å². The van der Waals surface area contributed by atoms with Crippen molar-refractivity contribution in [2.24, 2.45) is 0 Å². The van der Waals surface area contributed by atoms with Crippen LogP contribution in [0.15, 0.2) is 24.3 Å². The van der Waals surface area contributed by atoms with Crippen molar-refractivity contribution in [3.63, 3.8) is 0 Å². The molecule has 0 unspecified atom stereocenters. The van der Waals surface area contributed by atoms with Gasteiger partial charge in [-0.05, 0) is 24.0 Å². The molecule has 1 N–H and O–H groups in total. The van der Waals surface area contributed by atoms with E-state index in [1.165, 1.54) is 4.90 Å². The Morgan fingerprint density at radius 2 is 1.93 bits per heavy atom. The van der Waals surface area contributed by atoms with E-state index in [1.807, 2.05) is 0 Å². The molecule has 0 radical (unpaired) electrons. The number of hydrogen-bond acceptors (Lipinski definition) is 4. The molecule has 27 heavy (non-hydrogen) atoms. The highest BCUT2D eigenvalue weighted by molar-refractivity contribution is 5.70. The van der Waals surface area contributed by atoms with Gasteiger partial charge in [-0.1, -0.05) is 24.3 Å². The highest BCUT2D eigenvalue weighted by atomic mass is 19.4. The van der Waals surface area contributed by atoms with E-state index < -0.39 is 23.8 Å². The van der Waals surface area contributed by atoms with Crippen molar-refractivity contribution in [3.05, 3.63) is 35.4 Å². The minimum Gasteiger partial charge on any atom is -0.447 e. The van der Waals surface area contributed by atoms with E-state index in [1.54, 1.807) is 24.3 Å². The Morgan fingerprint density at radius 1 is 1.26 bits per heavy atom. The van der Waals surface area contributed by atoms with Gasteiger partial charge in [-0.2, -0.15) is 13.2 Å². The fourth-order valence-electron chi connectivity index (χ4n) is 3.55. The van der Waals surface area contributed by atoms with Gasteiger partial charge in [0.25, 0.3) is 0 Å². The fourth-order valence-corrected chi connectivity index (χ4v) is 3.55. The first-order valence-corrected chi connectivity index (χ1v) is 8.81. The molecular weight excluding hydrogens is 365 g/mol. The van der Waals surface area contributed by atoms with Crippen molar-refractivity contribution in [3.8, 4) is 0 Å². The lowest BCUT2D eigenvalue weighted by molar-refractivity contribution is -0.160. The van der Waals surface area contributed by atoms with Crippen LogP contribution in [-0.2, 0) is 14.9 Å². The summed E-state index contributed by atoms with van der Waals surface area (Å²) in [7, 11) is 0. The predicted molar refractivity (Wildman–Crippen MR) is 87.3 cm³/mol. The van der Waals surface area contributed by atoms with E-state index in [4.69, 9.17) is 9.47 Å². The molecule has 3 aliphatic rings. The molecule has 9 heteroatoms. The van der Waals surface area contributed by atoms with E-state index in [0.717, 1.165) is 5.56 Å². The number of cyclic esters (lactones) is 1. The number of alkyl carbamates (subject to hydrolysis) is 1. The van der Waals surface area contributed by atoms with Crippen molar-refractivity contribution in [1.82, 2.24) is 10.2 Å². The maximum Gasteiger partial charge on any atom is 0.409 e. The number of carbonyl (C=O) groups is 2. The molecule has 3 fully saturated rings. The van der Waals surface area contributed by atoms with Gasteiger partial charge in [-0.25, -0.2) is 9.59 Å². The Bertz CT molecular complexity index is 740. The number of nitrogens with one attached hydrogen (secondary N) is 1. The minimum atomic E-state index is -4.21. The van der Waals surface area contributed by atoms with Gasteiger partial charge >= 0.3 is 18.4 Å². The zero-order valence-electron chi connectivity index (χ0n) is 14.4. The van der Waals surface area contributed by atoms with Crippen LogP contribution in [0.2, 0.25) is 0 Å². The molecule has 1 aliphatic carbocycles. The first-order valence-electron chi connectivity index (χ1n) is 8.81. The Kier molecular flexibility index (Phi) is 4.20. The standard InChI is InChI=1S/C18H19F3N2O4/c19-18(20,21)17(5-6-17)13-3-1-11(2-4-13)12-7-23(8-12)16(25)27-10-14-9-26-15(24)22-14/h1-4,12,14H,5-10H2,(H,22,24)/t14-/m0/s1. The average molecular weight is 384 g/mol. The first-order chi connectivity index (χ1) is 12.8. The Balaban J connectivity index is 1.27. The number of halogens is 3. The quantitative estimate of drug-likeness (QED) is 0.867. The van der Waals surface area contributed by atoms with E-state index in [2.05, 4.69) is 5.32 Å². The second kappa shape index (κ2) is 6.31. The number of alkyl halides is 3. The third-order valence-electron chi connectivity index (χ3n) is 5.51. The fraction of sp³-hybridized carbons (Fsp3) is 0.556. The van der Waals surface area contributed by atoms with Crippen LogP contribution >= 0.6 is 0 Å². The van der Waals surface area contributed by atoms with Crippen LogP contribution in [0.25, 0.3) is 0 Å². The van der Waals surface area contributed by atoms with Crippen LogP contribution < -0.4 is 5.32 Å². The van der Waals surface area contributed by atoms with Crippen LogP contribution in [-0.4, -0.2) is 55.6 Å². The Labute approximate surface area is 153 Å². The first kappa shape index (κ1) is 17.9. The van der Waals surface area contributed by atoms with E-state index in [9.17, 15) is 22.8 Å². The van der Waals surface area contributed by atoms with E-state index >= 15 is 0 Å². The van der Waals surface area contributed by atoms with Crippen molar-refractivity contribution in [2.75, 3.05) is 26.3 Å². The summed E-state index contributed by atoms with van der Waals surface area (Å²) in [4.78, 5) is 24.4. The number of amides is 2. The zero-order valence-corrected chi connectivity index (χ0v) is 14.4. The lowest BCUT2D eigenvalue weighted by Crippen LogP contribution is -2.49. The molecule has 1 aromatic rings. The molecule has 0 bridgehead atoms. The van der Waals surface area contributed by atoms with Crippen molar-refractivity contribution >= 4 is 12.2 Å². The van der Waals surface area contributed by atoms with Crippen molar-refractivity contribution in [2.45, 2.75) is 36.4 Å². The molecule has 1 atom stereocenters. The highest BCUT2D eigenvalue weighted by Crippen LogP contribution is 2.58. The summed E-state index contributed by atoms with van der Waals surface area (Å²) >= 11 is 0. The van der Waals surface area contributed by atoms with Crippen LogP contribution in [0, 0.1) is 0 Å². The molecule has 0 aromatic heterocycles. The molecule has 6 nitrogen and oxygen atoms in total. The number of benzene rings is 1. The zero-order chi connectivity index (χ0) is 19.2. The van der Waals surface area contributed by atoms with Gasteiger partial charge in [0.1, 0.15) is 19.3 Å². The number of ether oxygens (including phenoxy) is 2. The van der Waals surface area contributed by atoms with E-state index in [-0.39, 0.29) is 38.0 Å². The summed E-state index contributed by atoms with van der Waals surface area (Å²) < 4.78 is 49.4. The summed E-state index contributed by atoms with van der Waals surface area (Å²) in [5.74, 6) is 0.0853. The second-order valence-corrected chi connectivity index (χ2v) is 7.32. The molecule has 4 rings (SSSR count). The monoisotopic (exact) mass is 384 g/mol. The molecule has 0 spiro atoms. The molecule has 2 amide bonds. The van der Waals surface area contributed by atoms with Crippen molar-refractivity contribution < 1.29 is 32.2 Å². The van der Waals surface area contributed by atoms with Crippen LogP contribution in [0.1, 0.15) is 29.9 Å². The predicted octanol–water partition coefficient (Wildman–Crippen LogP) is 2.92. The maximum absolute atomic E-state index is 13.2. The summed E-state index contributed by atoms with van der Waals surface area (Å²) in [6, 6.07) is 6.22. The maximum atomic E-state index is 13.2. The van der Waals surface area contributed by atoms with Gasteiger partial charge in [0.15, 0.2) is 0 Å². The second-order valence-electron chi connectivity index (χ2n) is 7.32. The van der Waals surface area contributed by atoms with Crippen LogP contribution in [0.4, 0.5) is 22.8 Å². The van der Waals surface area contributed by atoms with Gasteiger partial charge in [-0.3, -0.25) is 0 Å². The number of nitrogens with zero attached hydrogens (tertiary/aromatic N) is 1. The minimum absolute atomic E-state index is 0.0416. The van der Waals surface area contributed by atoms with Gasteiger partial charge in [0.05, 0.1) is 5.41 Å². The third-order valence-corrected chi connectivity index (χ3v) is 5.51. The van der Waals surface area contributed by atoms with Gasteiger partial charge in [0, 0.05) is 19.0 Å². The Hall–Kier alpha value is -2.45. The third kappa shape index (κ3) is 3.30. The average Bonchev–Trinajstić information content (AvgIpc) is 3.30. The van der Waals surface area contributed by atoms with Gasteiger partial charge < -0.3 is 19.7 Å². The topological polar surface area (TPSA) is 67.9 Å².